The Morgan fingerprint density at radius 1 is 1.14 bits per heavy atom. The summed E-state index contributed by atoms with van der Waals surface area (Å²) in [5.41, 5.74) is 0. The molecule has 0 N–H and O–H groups in total. The van der Waals surface area contributed by atoms with Crippen molar-refractivity contribution < 1.29 is 0 Å². The Morgan fingerprint density at radius 2 is 1.57 bits per heavy atom. The van der Waals surface area contributed by atoms with Crippen LogP contribution < -0.4 is 5.32 Å². The number of hydrogen-bond donors (Lipinski definition) is 0. The predicted molar refractivity (Wildman–Crippen MR) is 32.3 cm³/mol. The van der Waals surface area contributed by atoms with Gasteiger partial charge in [-0.05, 0) is 0 Å². The highest BCUT2D eigenvalue weighted by molar-refractivity contribution is 4.74. The molecular weight excluding hydrogens is 90.1 g/mol. The molecule has 0 aliphatic carbocycles. The summed E-state index contributed by atoms with van der Waals surface area (Å²) >= 11 is 0. The Balaban J connectivity index is 2.68. The molecule has 0 amide bonds. The maximum absolute atomic E-state index is 3.97. The molecule has 0 bridgehead atoms. The quantitative estimate of drug-likeness (QED) is 0.369. The van der Waals surface area contributed by atoms with E-state index in [9.17, 15) is 0 Å². The summed E-state index contributed by atoms with van der Waals surface area (Å²) in [6.07, 6.45) is 3.53. The SMILES string of the molecule is C=C[14CH2][N][14CH2]C=C. The van der Waals surface area contributed by atoms with E-state index in [1.54, 1.807) is 12.2 Å². The number of rotatable bonds is 4. The van der Waals surface area contributed by atoms with Crippen molar-refractivity contribution in [1.82, 2.24) is 5.32 Å². The Labute approximate surface area is 44.7 Å². The van der Waals surface area contributed by atoms with Crippen LogP contribution in [0.3, 0.4) is 0 Å². The lowest BCUT2D eigenvalue weighted by molar-refractivity contribution is 0.826. The highest BCUT2D eigenvalue weighted by Gasteiger charge is 1.72. The predicted octanol–water partition coefficient (Wildman–Crippen LogP) is 0.963. The van der Waals surface area contributed by atoms with Gasteiger partial charge in [0.1, 0.15) is 0 Å². The molecule has 0 spiro atoms. The third-order valence-electron chi connectivity index (χ3n) is 0.516. The Hall–Kier alpha value is -0.560. The molecule has 1 heteroatoms. The second-order valence-corrected chi connectivity index (χ2v) is 1.17. The lowest BCUT2D eigenvalue weighted by Gasteiger charge is -1.86. The minimum atomic E-state index is 0.742. The van der Waals surface area contributed by atoms with Crippen molar-refractivity contribution in [3.05, 3.63) is 25.3 Å². The number of nitrogens with zero attached hydrogens (tertiary/aromatic N) is 1. The van der Waals surface area contributed by atoms with Crippen molar-refractivity contribution in [2.24, 2.45) is 0 Å². The van der Waals surface area contributed by atoms with Gasteiger partial charge in [-0.25, -0.2) is 5.32 Å². The van der Waals surface area contributed by atoms with Crippen LogP contribution in [0.25, 0.3) is 0 Å². The average molecular weight is 100 g/mol. The summed E-state index contributed by atoms with van der Waals surface area (Å²) in [7, 11) is 0. The minimum absolute atomic E-state index is 0.742. The molecule has 1 nitrogen and oxygen atoms in total. The van der Waals surface area contributed by atoms with E-state index >= 15 is 0 Å². The first-order chi connectivity index (χ1) is 3.41. The molecule has 0 aliphatic heterocycles. The fourth-order valence-corrected chi connectivity index (χ4v) is 0.257. The van der Waals surface area contributed by atoms with Gasteiger partial charge in [0.15, 0.2) is 0 Å². The van der Waals surface area contributed by atoms with Gasteiger partial charge in [0.2, 0.25) is 0 Å². The van der Waals surface area contributed by atoms with Crippen molar-refractivity contribution in [1.29, 1.82) is 0 Å². The molecule has 0 fully saturated rings. The lowest BCUT2D eigenvalue weighted by atomic mass is 11.1. The monoisotopic (exact) mass is 100 g/mol. The van der Waals surface area contributed by atoms with Gasteiger partial charge >= 0.3 is 0 Å². The molecule has 0 aromatic rings. The van der Waals surface area contributed by atoms with Gasteiger partial charge in [-0.1, -0.05) is 12.2 Å². The van der Waals surface area contributed by atoms with E-state index in [1.165, 1.54) is 0 Å². The zero-order valence-electron chi connectivity index (χ0n) is 4.43. The molecule has 0 aliphatic rings. The van der Waals surface area contributed by atoms with Crippen molar-refractivity contribution in [3.63, 3.8) is 0 Å². The largest absolute Gasteiger partial charge is 0.234 e. The molecule has 1 radical (unpaired) electrons. The second-order valence-electron chi connectivity index (χ2n) is 1.17. The Morgan fingerprint density at radius 3 is 1.86 bits per heavy atom. The van der Waals surface area contributed by atoms with Gasteiger partial charge in [-0.2, -0.15) is 0 Å². The fraction of sp³-hybridized carbons (Fsp3) is 0.333. The van der Waals surface area contributed by atoms with Gasteiger partial charge in [0.05, 0.1) is 0 Å². The first-order valence-electron chi connectivity index (χ1n) is 2.27. The molecular formula is C6H10N. The summed E-state index contributed by atoms with van der Waals surface area (Å²) in [5, 5.41) is 3.97. The van der Waals surface area contributed by atoms with Crippen LogP contribution in [0.5, 0.6) is 0 Å². The lowest BCUT2D eigenvalue weighted by Crippen LogP contribution is -2.02. The van der Waals surface area contributed by atoms with E-state index in [0.717, 1.165) is 13.1 Å². The van der Waals surface area contributed by atoms with Crippen LogP contribution in [0.4, 0.5) is 0 Å². The van der Waals surface area contributed by atoms with E-state index in [2.05, 4.69) is 18.5 Å². The van der Waals surface area contributed by atoms with Crippen LogP contribution in [-0.4, -0.2) is 13.1 Å². The van der Waals surface area contributed by atoms with E-state index in [-0.39, 0.29) is 0 Å². The van der Waals surface area contributed by atoms with Crippen LogP contribution in [0.1, 0.15) is 0 Å². The van der Waals surface area contributed by atoms with Crippen LogP contribution in [0.2, 0.25) is 0 Å². The average Bonchev–Trinajstić information content (AvgIpc) is 1.69. The third kappa shape index (κ3) is 5.44. The maximum atomic E-state index is 3.97. The summed E-state index contributed by atoms with van der Waals surface area (Å²) in [4.78, 5) is 0. The Bertz CT molecular complexity index is 49.2. The first-order valence-corrected chi connectivity index (χ1v) is 2.27. The highest BCUT2D eigenvalue weighted by Crippen LogP contribution is 1.63. The molecule has 0 saturated heterocycles. The van der Waals surface area contributed by atoms with Crippen molar-refractivity contribution in [2.45, 2.75) is 0 Å². The second kappa shape index (κ2) is 5.44. The van der Waals surface area contributed by atoms with Crippen molar-refractivity contribution >= 4 is 0 Å². The van der Waals surface area contributed by atoms with Crippen molar-refractivity contribution in [3.8, 4) is 0 Å². The normalized spacial score (nSPS) is 8.00. The van der Waals surface area contributed by atoms with E-state index in [4.69, 9.17) is 0 Å². The summed E-state index contributed by atoms with van der Waals surface area (Å²) in [6, 6.07) is 0. The topological polar surface area (TPSA) is 14.1 Å². The van der Waals surface area contributed by atoms with E-state index in [0.29, 0.717) is 0 Å². The zero-order valence-corrected chi connectivity index (χ0v) is 4.43. The van der Waals surface area contributed by atoms with Crippen molar-refractivity contribution in [2.75, 3.05) is 13.1 Å². The zero-order chi connectivity index (χ0) is 5.54. The van der Waals surface area contributed by atoms with Gasteiger partial charge < -0.3 is 0 Å². The molecule has 0 saturated carbocycles. The standard InChI is InChI=1S/C6H10N/c1-3-5-7-6-4-2/h3-4H,1-2,5-6H2/i5+2,6+2. The molecule has 7 heavy (non-hydrogen) atoms. The molecule has 39 valence electrons. The van der Waals surface area contributed by atoms with Gasteiger partial charge in [0.25, 0.3) is 0 Å². The third-order valence-corrected chi connectivity index (χ3v) is 0.516. The minimum Gasteiger partial charge on any atom is -0.234 e. The summed E-state index contributed by atoms with van der Waals surface area (Å²) in [6.45, 7) is 8.49. The first kappa shape index (κ1) is 6.44. The van der Waals surface area contributed by atoms with Crippen LogP contribution >= 0.6 is 0 Å². The fourth-order valence-electron chi connectivity index (χ4n) is 0.257. The molecule has 0 unspecified atom stereocenters. The van der Waals surface area contributed by atoms with Gasteiger partial charge in [-0.3, -0.25) is 0 Å². The summed E-state index contributed by atoms with van der Waals surface area (Å²) in [5.74, 6) is 0. The summed E-state index contributed by atoms with van der Waals surface area (Å²) < 4.78 is 0. The highest BCUT2D eigenvalue weighted by atomic mass is 15.6. The smallest absolute Gasteiger partial charge is 0.0315 e. The van der Waals surface area contributed by atoms with Gasteiger partial charge in [-0.15, -0.1) is 13.2 Å². The number of hydrogen-bond acceptors (Lipinski definition) is 0. The Kier molecular flexibility index (Phi) is 5.00. The van der Waals surface area contributed by atoms with Crippen LogP contribution in [-0.2, 0) is 0 Å². The molecule has 0 aromatic heterocycles. The molecule has 0 rings (SSSR count). The maximum Gasteiger partial charge on any atom is 0.0315 e. The van der Waals surface area contributed by atoms with Gasteiger partial charge in [0, 0.05) is 13.1 Å². The molecule has 0 atom stereocenters. The molecule has 0 aromatic carbocycles. The molecule has 0 heterocycles. The van der Waals surface area contributed by atoms with E-state index in [1.807, 2.05) is 0 Å². The van der Waals surface area contributed by atoms with Crippen LogP contribution in [0, 0.1) is 0 Å². The van der Waals surface area contributed by atoms with Crippen LogP contribution in [0.15, 0.2) is 25.3 Å². The van der Waals surface area contributed by atoms with E-state index < -0.39 is 0 Å².